The van der Waals surface area contributed by atoms with Gasteiger partial charge in [-0.15, -0.1) is 0 Å². The molecule has 2 aromatic rings. The summed E-state index contributed by atoms with van der Waals surface area (Å²) in [7, 11) is 0. The van der Waals surface area contributed by atoms with E-state index in [0.717, 1.165) is 6.07 Å². The van der Waals surface area contributed by atoms with Gasteiger partial charge in [0.15, 0.2) is 0 Å². The Bertz CT molecular complexity index is 746. The Morgan fingerprint density at radius 2 is 1.88 bits per heavy atom. The van der Waals surface area contributed by atoms with Crippen LogP contribution >= 0.6 is 0 Å². The molecule has 0 atom stereocenters. The molecule has 0 aliphatic carbocycles. The van der Waals surface area contributed by atoms with Crippen LogP contribution in [0.3, 0.4) is 0 Å². The van der Waals surface area contributed by atoms with Crippen LogP contribution in [-0.2, 0) is 0 Å². The second kappa shape index (κ2) is 3.51. The fourth-order valence-corrected chi connectivity index (χ4v) is 1.54. The highest BCUT2D eigenvalue weighted by Gasteiger charge is 2.21. The predicted molar refractivity (Wildman–Crippen MR) is 56.5 cm³/mol. The number of aromatic amines is 2. The van der Waals surface area contributed by atoms with Gasteiger partial charge in [0.05, 0.1) is 16.0 Å². The molecule has 0 aliphatic rings. The Hall–Kier alpha value is -2.51. The zero-order chi connectivity index (χ0) is 12.7. The van der Waals surface area contributed by atoms with Crippen molar-refractivity contribution in [3.05, 3.63) is 48.3 Å². The summed E-state index contributed by atoms with van der Waals surface area (Å²) < 4.78 is 13.4. The van der Waals surface area contributed by atoms with E-state index >= 15 is 0 Å². The lowest BCUT2D eigenvalue weighted by atomic mass is 10.1. The van der Waals surface area contributed by atoms with Crippen LogP contribution in [0.4, 0.5) is 10.1 Å². The molecule has 0 radical (unpaired) electrons. The first kappa shape index (κ1) is 11.0. The molecule has 0 spiro atoms. The van der Waals surface area contributed by atoms with E-state index in [2.05, 4.69) is 9.97 Å². The van der Waals surface area contributed by atoms with Crippen LogP contribution in [-0.4, -0.2) is 14.9 Å². The molecule has 0 unspecified atom stereocenters. The van der Waals surface area contributed by atoms with Crippen molar-refractivity contribution >= 4 is 16.7 Å². The van der Waals surface area contributed by atoms with Crippen LogP contribution in [0.1, 0.15) is 5.56 Å². The third-order valence-electron chi connectivity index (χ3n) is 2.37. The summed E-state index contributed by atoms with van der Waals surface area (Å²) in [5.74, 6) is -0.827. The largest absolute Gasteiger partial charge is 0.316 e. The molecule has 0 bridgehead atoms. The topological polar surface area (TPSA) is 109 Å². The molecule has 0 amide bonds. The number of aromatic nitrogens is 2. The monoisotopic (exact) mass is 239 g/mol. The maximum Gasteiger partial charge on any atom is 0.314 e. The molecule has 7 nitrogen and oxygen atoms in total. The summed E-state index contributed by atoms with van der Waals surface area (Å²) in [5.41, 5.74) is -3.09. The van der Waals surface area contributed by atoms with E-state index in [4.69, 9.17) is 0 Å². The SMILES string of the molecule is Cc1c(F)cc2[nH]c(=O)c(=O)[nH]c2c1[N+](=O)[O-]. The Labute approximate surface area is 92.1 Å². The van der Waals surface area contributed by atoms with Crippen molar-refractivity contribution in [2.24, 2.45) is 0 Å². The molecule has 0 aliphatic heterocycles. The summed E-state index contributed by atoms with van der Waals surface area (Å²) in [6.45, 7) is 1.22. The smallest absolute Gasteiger partial charge is 0.314 e. The van der Waals surface area contributed by atoms with Crippen LogP contribution in [0.25, 0.3) is 11.0 Å². The molecular formula is C9H6FN3O4. The highest BCUT2D eigenvalue weighted by molar-refractivity contribution is 5.85. The minimum Gasteiger partial charge on any atom is -0.316 e. The first-order valence-corrected chi connectivity index (χ1v) is 4.51. The quantitative estimate of drug-likeness (QED) is 0.430. The minimum atomic E-state index is -1.02. The van der Waals surface area contributed by atoms with E-state index in [1.165, 1.54) is 6.92 Å². The van der Waals surface area contributed by atoms with Gasteiger partial charge in [0.2, 0.25) is 0 Å². The number of benzene rings is 1. The van der Waals surface area contributed by atoms with Crippen LogP contribution in [0.2, 0.25) is 0 Å². The summed E-state index contributed by atoms with van der Waals surface area (Å²) in [6.07, 6.45) is 0. The lowest BCUT2D eigenvalue weighted by molar-refractivity contribution is -0.383. The van der Waals surface area contributed by atoms with Crippen molar-refractivity contribution in [2.75, 3.05) is 0 Å². The number of nitrogens with one attached hydrogen (secondary N) is 2. The number of fused-ring (bicyclic) bond motifs is 1. The maximum atomic E-state index is 13.4. The van der Waals surface area contributed by atoms with Crippen molar-refractivity contribution in [3.8, 4) is 0 Å². The molecule has 2 rings (SSSR count). The van der Waals surface area contributed by atoms with Gasteiger partial charge in [-0.2, -0.15) is 0 Å². The van der Waals surface area contributed by atoms with Gasteiger partial charge in [-0.3, -0.25) is 19.7 Å². The number of nitro benzene ring substituents is 1. The molecule has 0 fully saturated rings. The fourth-order valence-electron chi connectivity index (χ4n) is 1.54. The number of nitro groups is 1. The van der Waals surface area contributed by atoms with Gasteiger partial charge in [0, 0.05) is 6.07 Å². The lowest BCUT2D eigenvalue weighted by Crippen LogP contribution is -2.29. The third-order valence-corrected chi connectivity index (χ3v) is 2.37. The highest BCUT2D eigenvalue weighted by Crippen LogP contribution is 2.27. The van der Waals surface area contributed by atoms with E-state index in [1.54, 1.807) is 0 Å². The number of hydrogen-bond acceptors (Lipinski definition) is 4. The molecule has 1 aromatic heterocycles. The van der Waals surface area contributed by atoms with Crippen molar-refractivity contribution in [3.63, 3.8) is 0 Å². The molecule has 1 aromatic carbocycles. The van der Waals surface area contributed by atoms with Gasteiger partial charge < -0.3 is 9.97 Å². The zero-order valence-corrected chi connectivity index (χ0v) is 8.54. The van der Waals surface area contributed by atoms with Gasteiger partial charge in [-0.05, 0) is 6.92 Å². The molecule has 0 saturated carbocycles. The Kier molecular flexibility index (Phi) is 2.27. The van der Waals surface area contributed by atoms with Crippen LogP contribution < -0.4 is 11.1 Å². The van der Waals surface area contributed by atoms with Gasteiger partial charge in [-0.25, -0.2) is 4.39 Å². The van der Waals surface area contributed by atoms with Crippen molar-refractivity contribution in [1.82, 2.24) is 9.97 Å². The van der Waals surface area contributed by atoms with Gasteiger partial charge in [-0.1, -0.05) is 0 Å². The molecule has 0 saturated heterocycles. The fraction of sp³-hybridized carbons (Fsp3) is 0.111. The molecule has 2 N–H and O–H groups in total. The summed E-state index contributed by atoms with van der Waals surface area (Å²) in [5, 5.41) is 10.8. The molecular weight excluding hydrogens is 233 g/mol. The molecule has 1 heterocycles. The Morgan fingerprint density at radius 1 is 1.29 bits per heavy atom. The standard InChI is InChI=1S/C9H6FN3O4/c1-3-4(10)2-5-6(7(3)13(16)17)12-9(15)8(14)11-5/h2H,1H3,(H,11,14)(H,12,15). The number of halogens is 1. The average Bonchev–Trinajstić information content (AvgIpc) is 2.23. The minimum absolute atomic E-state index is 0.121. The van der Waals surface area contributed by atoms with Crippen molar-refractivity contribution in [1.29, 1.82) is 0 Å². The highest BCUT2D eigenvalue weighted by atomic mass is 19.1. The van der Waals surface area contributed by atoms with E-state index in [0.29, 0.717) is 0 Å². The number of rotatable bonds is 1. The van der Waals surface area contributed by atoms with Crippen molar-refractivity contribution in [2.45, 2.75) is 6.92 Å². The Morgan fingerprint density at radius 3 is 2.47 bits per heavy atom. The molecule has 88 valence electrons. The zero-order valence-electron chi connectivity index (χ0n) is 8.54. The lowest BCUT2D eigenvalue weighted by Gasteiger charge is -2.03. The van der Waals surface area contributed by atoms with Gasteiger partial charge >= 0.3 is 16.8 Å². The van der Waals surface area contributed by atoms with Crippen LogP contribution in [0, 0.1) is 22.9 Å². The van der Waals surface area contributed by atoms with E-state index in [9.17, 15) is 24.1 Å². The molecule has 8 heteroatoms. The van der Waals surface area contributed by atoms with E-state index in [1.807, 2.05) is 0 Å². The predicted octanol–water partition coefficient (Wildman–Crippen LogP) is 0.572. The van der Waals surface area contributed by atoms with Gasteiger partial charge in [0.25, 0.3) is 0 Å². The van der Waals surface area contributed by atoms with E-state index in [-0.39, 0.29) is 16.6 Å². The number of hydrogen-bond donors (Lipinski definition) is 2. The first-order chi connectivity index (χ1) is 7.91. The molecule has 17 heavy (non-hydrogen) atoms. The van der Waals surface area contributed by atoms with Crippen LogP contribution in [0.15, 0.2) is 15.7 Å². The third kappa shape index (κ3) is 1.59. The average molecular weight is 239 g/mol. The maximum absolute atomic E-state index is 13.4. The summed E-state index contributed by atoms with van der Waals surface area (Å²) >= 11 is 0. The van der Waals surface area contributed by atoms with E-state index < -0.39 is 27.5 Å². The second-order valence-corrected chi connectivity index (χ2v) is 3.42. The first-order valence-electron chi connectivity index (χ1n) is 4.51. The second-order valence-electron chi connectivity index (χ2n) is 3.42. The normalized spacial score (nSPS) is 10.7. The van der Waals surface area contributed by atoms with Crippen LogP contribution in [0.5, 0.6) is 0 Å². The number of H-pyrrole nitrogens is 2. The Balaban J connectivity index is 3.09. The number of nitrogens with zero attached hydrogens (tertiary/aromatic N) is 1. The summed E-state index contributed by atoms with van der Waals surface area (Å²) in [6, 6.07) is 0.926. The van der Waals surface area contributed by atoms with Gasteiger partial charge in [0.1, 0.15) is 11.3 Å². The summed E-state index contributed by atoms with van der Waals surface area (Å²) in [4.78, 5) is 36.3. The van der Waals surface area contributed by atoms with Crippen molar-refractivity contribution < 1.29 is 9.31 Å².